The molecule has 1 fully saturated rings. The summed E-state index contributed by atoms with van der Waals surface area (Å²) in [5.74, 6) is 1.18. The smallest absolute Gasteiger partial charge is 0.260 e. The Bertz CT molecular complexity index is 645. The van der Waals surface area contributed by atoms with Crippen LogP contribution in [-0.4, -0.2) is 58.3 Å². The minimum absolute atomic E-state index is 0.0678. The van der Waals surface area contributed by atoms with E-state index in [0.29, 0.717) is 12.3 Å². The fraction of sp³-hybridized carbons (Fsp3) is 0.562. The van der Waals surface area contributed by atoms with Crippen LogP contribution >= 0.6 is 0 Å². The third-order valence-electron chi connectivity index (χ3n) is 3.95. The van der Waals surface area contributed by atoms with Crippen molar-refractivity contribution in [2.24, 2.45) is 0 Å². The Morgan fingerprint density at radius 3 is 2.54 bits per heavy atom. The summed E-state index contributed by atoms with van der Waals surface area (Å²) in [6.07, 6.45) is 3.81. The summed E-state index contributed by atoms with van der Waals surface area (Å²) in [5, 5.41) is 0. The maximum absolute atomic E-state index is 12.4. The number of hydrogen-bond donors (Lipinski definition) is 1. The zero-order chi connectivity index (χ0) is 17.6. The van der Waals surface area contributed by atoms with Gasteiger partial charge in [-0.15, -0.1) is 0 Å². The molecular weight excluding hydrogens is 332 g/mol. The monoisotopic (exact) mass is 356 g/mol. The number of carbonyl (C=O) groups is 1. The van der Waals surface area contributed by atoms with Crippen molar-refractivity contribution in [3.05, 3.63) is 24.3 Å². The van der Waals surface area contributed by atoms with Crippen LogP contribution < -0.4 is 14.2 Å². The molecule has 0 aromatic heterocycles. The van der Waals surface area contributed by atoms with Crippen LogP contribution in [0.15, 0.2) is 24.3 Å². The predicted molar refractivity (Wildman–Crippen MR) is 90.7 cm³/mol. The second kappa shape index (κ2) is 8.34. The Labute approximate surface area is 143 Å². The zero-order valence-corrected chi connectivity index (χ0v) is 14.8. The van der Waals surface area contributed by atoms with Crippen molar-refractivity contribution in [3.63, 3.8) is 0 Å². The first-order valence-electron chi connectivity index (χ1n) is 7.90. The van der Waals surface area contributed by atoms with E-state index in [9.17, 15) is 13.2 Å². The molecule has 0 spiro atoms. The quantitative estimate of drug-likeness (QED) is 0.788. The van der Waals surface area contributed by atoms with E-state index in [1.54, 1.807) is 36.3 Å². The van der Waals surface area contributed by atoms with Gasteiger partial charge in [-0.25, -0.2) is 13.1 Å². The van der Waals surface area contributed by atoms with E-state index in [4.69, 9.17) is 9.47 Å². The third-order valence-corrected chi connectivity index (χ3v) is 4.64. The molecule has 0 saturated carbocycles. The van der Waals surface area contributed by atoms with E-state index in [0.717, 1.165) is 31.3 Å². The zero-order valence-electron chi connectivity index (χ0n) is 14.0. The van der Waals surface area contributed by atoms with Gasteiger partial charge in [0.2, 0.25) is 10.0 Å². The molecule has 1 atom stereocenters. The predicted octanol–water partition coefficient (Wildman–Crippen LogP) is 1.00. The maximum atomic E-state index is 12.4. The third kappa shape index (κ3) is 5.68. The maximum Gasteiger partial charge on any atom is 0.260 e. The number of ether oxygens (including phenoxy) is 2. The number of nitrogens with zero attached hydrogens (tertiary/aromatic N) is 1. The van der Waals surface area contributed by atoms with E-state index in [-0.39, 0.29) is 25.1 Å². The molecule has 1 aliphatic heterocycles. The molecule has 7 nitrogen and oxygen atoms in total. The van der Waals surface area contributed by atoms with Crippen molar-refractivity contribution >= 4 is 15.9 Å². The molecule has 1 aromatic carbocycles. The van der Waals surface area contributed by atoms with Gasteiger partial charge in [0.15, 0.2) is 6.61 Å². The summed E-state index contributed by atoms with van der Waals surface area (Å²) in [6, 6.07) is 6.88. The number of piperidine rings is 1. The molecule has 0 radical (unpaired) electrons. The van der Waals surface area contributed by atoms with Gasteiger partial charge in [0.1, 0.15) is 11.5 Å². The Morgan fingerprint density at radius 2 is 1.92 bits per heavy atom. The lowest BCUT2D eigenvalue weighted by molar-refractivity contribution is -0.136. The summed E-state index contributed by atoms with van der Waals surface area (Å²) < 4.78 is 35.6. The molecule has 134 valence electrons. The van der Waals surface area contributed by atoms with Gasteiger partial charge in [-0.1, -0.05) is 0 Å². The lowest BCUT2D eigenvalue weighted by Crippen LogP contribution is -2.50. The van der Waals surface area contributed by atoms with Crippen LogP contribution in [0.4, 0.5) is 0 Å². The fourth-order valence-electron chi connectivity index (χ4n) is 2.69. The molecule has 0 aliphatic carbocycles. The van der Waals surface area contributed by atoms with Gasteiger partial charge in [-0.05, 0) is 43.5 Å². The number of likely N-dealkylation sites (tertiary alicyclic amines) is 1. The summed E-state index contributed by atoms with van der Waals surface area (Å²) in [5.41, 5.74) is 0. The summed E-state index contributed by atoms with van der Waals surface area (Å²) in [6.45, 7) is 0.801. The van der Waals surface area contributed by atoms with Gasteiger partial charge in [-0.3, -0.25) is 4.79 Å². The average molecular weight is 356 g/mol. The lowest BCUT2D eigenvalue weighted by Gasteiger charge is -2.35. The van der Waals surface area contributed by atoms with Crippen LogP contribution in [0.1, 0.15) is 19.3 Å². The minimum atomic E-state index is -3.27. The fourth-order valence-corrected chi connectivity index (χ4v) is 3.18. The van der Waals surface area contributed by atoms with Crippen molar-refractivity contribution in [1.82, 2.24) is 9.62 Å². The van der Waals surface area contributed by atoms with Crippen molar-refractivity contribution in [1.29, 1.82) is 0 Å². The Balaban J connectivity index is 1.90. The summed E-state index contributed by atoms with van der Waals surface area (Å²) in [7, 11) is -1.68. The Morgan fingerprint density at radius 1 is 1.25 bits per heavy atom. The molecule has 1 N–H and O–H groups in total. The number of nitrogens with one attached hydrogen (secondary N) is 1. The number of rotatable bonds is 7. The SMILES string of the molecule is COc1ccc(OCC(=O)N2CCCC[C@@H]2CNS(C)(=O)=O)cc1. The highest BCUT2D eigenvalue weighted by Gasteiger charge is 2.27. The molecular formula is C16H24N2O5S. The van der Waals surface area contributed by atoms with Crippen LogP contribution in [0.5, 0.6) is 11.5 Å². The number of amides is 1. The number of methoxy groups -OCH3 is 1. The molecule has 0 unspecified atom stereocenters. The van der Waals surface area contributed by atoms with Gasteiger partial charge in [-0.2, -0.15) is 0 Å². The minimum Gasteiger partial charge on any atom is -0.497 e. The first-order chi connectivity index (χ1) is 11.4. The molecule has 1 heterocycles. The summed E-state index contributed by atoms with van der Waals surface area (Å²) in [4.78, 5) is 14.1. The topological polar surface area (TPSA) is 84.9 Å². The van der Waals surface area contributed by atoms with Gasteiger partial charge in [0, 0.05) is 19.1 Å². The molecule has 1 saturated heterocycles. The lowest BCUT2D eigenvalue weighted by atomic mass is 10.0. The average Bonchev–Trinajstić information content (AvgIpc) is 2.58. The number of carbonyl (C=O) groups excluding carboxylic acids is 1. The van der Waals surface area contributed by atoms with Crippen molar-refractivity contribution in [3.8, 4) is 11.5 Å². The van der Waals surface area contributed by atoms with Crippen molar-refractivity contribution in [2.75, 3.05) is 33.1 Å². The highest BCUT2D eigenvalue weighted by Crippen LogP contribution is 2.19. The first-order valence-corrected chi connectivity index (χ1v) is 9.79. The summed E-state index contributed by atoms with van der Waals surface area (Å²) >= 11 is 0. The molecule has 2 rings (SSSR count). The highest BCUT2D eigenvalue weighted by molar-refractivity contribution is 7.88. The van der Waals surface area contributed by atoms with Gasteiger partial charge < -0.3 is 14.4 Å². The number of sulfonamides is 1. The molecule has 1 amide bonds. The highest BCUT2D eigenvalue weighted by atomic mass is 32.2. The van der Waals surface area contributed by atoms with Gasteiger partial charge >= 0.3 is 0 Å². The van der Waals surface area contributed by atoms with Crippen LogP contribution in [0.25, 0.3) is 0 Å². The molecule has 8 heteroatoms. The normalized spacial score (nSPS) is 18.2. The van der Waals surface area contributed by atoms with Gasteiger partial charge in [0.05, 0.1) is 13.4 Å². The molecule has 24 heavy (non-hydrogen) atoms. The van der Waals surface area contributed by atoms with Crippen molar-refractivity contribution in [2.45, 2.75) is 25.3 Å². The molecule has 0 bridgehead atoms. The molecule has 1 aliphatic rings. The van der Waals surface area contributed by atoms with E-state index < -0.39 is 10.0 Å². The van der Waals surface area contributed by atoms with E-state index in [2.05, 4.69) is 4.72 Å². The first kappa shape index (κ1) is 18.5. The van der Waals surface area contributed by atoms with E-state index in [1.165, 1.54) is 0 Å². The Kier molecular flexibility index (Phi) is 6.44. The van der Waals surface area contributed by atoms with Crippen molar-refractivity contribution < 1.29 is 22.7 Å². The van der Waals surface area contributed by atoms with Crippen LogP contribution in [0, 0.1) is 0 Å². The Hall–Kier alpha value is -1.80. The van der Waals surface area contributed by atoms with E-state index >= 15 is 0 Å². The van der Waals surface area contributed by atoms with Crippen LogP contribution in [0.3, 0.4) is 0 Å². The molecule has 1 aromatic rings. The standard InChI is InChI=1S/C16H24N2O5S/c1-22-14-6-8-15(9-7-14)23-12-16(19)18-10-4-3-5-13(18)11-17-24(2,20)21/h6-9,13,17H,3-5,10-12H2,1-2H3/t13-/m1/s1. The second-order valence-electron chi connectivity index (χ2n) is 5.82. The van der Waals surface area contributed by atoms with Crippen LogP contribution in [-0.2, 0) is 14.8 Å². The van der Waals surface area contributed by atoms with Crippen LogP contribution in [0.2, 0.25) is 0 Å². The largest absolute Gasteiger partial charge is 0.497 e. The number of benzene rings is 1. The second-order valence-corrected chi connectivity index (χ2v) is 7.65. The van der Waals surface area contributed by atoms with E-state index in [1.807, 2.05) is 0 Å². The van der Waals surface area contributed by atoms with Gasteiger partial charge in [0.25, 0.3) is 5.91 Å². The number of hydrogen-bond acceptors (Lipinski definition) is 5.